The zero-order chi connectivity index (χ0) is 28.7. The highest BCUT2D eigenvalue weighted by Crippen LogP contribution is 2.28. The summed E-state index contributed by atoms with van der Waals surface area (Å²) in [6, 6.07) is 16.5. The van der Waals surface area contributed by atoms with Crippen molar-refractivity contribution in [1.29, 1.82) is 0 Å². The van der Waals surface area contributed by atoms with Gasteiger partial charge in [-0.2, -0.15) is 0 Å². The number of rotatable bonds is 11. The Morgan fingerprint density at radius 3 is 2.26 bits per heavy atom. The van der Waals surface area contributed by atoms with Crippen LogP contribution >= 0.6 is 11.6 Å². The molecular formula is C28H31ClFN3O5S. The molecule has 0 saturated heterocycles. The van der Waals surface area contributed by atoms with E-state index >= 15 is 0 Å². The molecule has 0 heterocycles. The highest BCUT2D eigenvalue weighted by molar-refractivity contribution is 7.92. The fourth-order valence-electron chi connectivity index (χ4n) is 3.83. The van der Waals surface area contributed by atoms with Gasteiger partial charge in [0.25, 0.3) is 10.0 Å². The molecule has 3 aromatic carbocycles. The van der Waals surface area contributed by atoms with Crippen LogP contribution in [0.3, 0.4) is 0 Å². The molecule has 1 unspecified atom stereocenters. The standard InChI is InChI=1S/C28H31ClFN3O5S/c1-19(2)31-28(35)20(3)32(17-21-8-5-6-11-26(21)30)27(34)18-33(23-10-7-9-22(29)16-23)39(36,37)25-14-12-24(38-4)13-15-25/h5-16,19-20H,17-18H2,1-4H3,(H,31,35). The number of hydrogen-bond acceptors (Lipinski definition) is 5. The first-order chi connectivity index (χ1) is 18.4. The Kier molecular flexibility index (Phi) is 9.93. The third-order valence-electron chi connectivity index (χ3n) is 5.92. The Hall–Kier alpha value is -3.63. The quantitative estimate of drug-likeness (QED) is 0.360. The lowest BCUT2D eigenvalue weighted by Gasteiger charge is -2.32. The molecule has 1 N–H and O–H groups in total. The fraction of sp³-hybridized carbons (Fsp3) is 0.286. The highest BCUT2D eigenvalue weighted by atomic mass is 35.5. The number of sulfonamides is 1. The summed E-state index contributed by atoms with van der Waals surface area (Å²) < 4.78 is 48.2. The number of amides is 2. The third-order valence-corrected chi connectivity index (χ3v) is 7.94. The topological polar surface area (TPSA) is 96.0 Å². The van der Waals surface area contributed by atoms with Crippen molar-refractivity contribution in [2.45, 2.75) is 44.3 Å². The molecule has 0 radical (unpaired) electrons. The van der Waals surface area contributed by atoms with Crippen molar-refractivity contribution >= 4 is 39.1 Å². The van der Waals surface area contributed by atoms with Crippen LogP contribution in [-0.2, 0) is 26.2 Å². The molecule has 0 fully saturated rings. The Balaban J connectivity index is 2.04. The maximum atomic E-state index is 14.6. The van der Waals surface area contributed by atoms with Gasteiger partial charge in [-0.3, -0.25) is 13.9 Å². The first-order valence-corrected chi connectivity index (χ1v) is 14.0. The predicted octanol–water partition coefficient (Wildman–Crippen LogP) is 4.62. The van der Waals surface area contributed by atoms with Crippen molar-refractivity contribution in [3.8, 4) is 5.75 Å². The summed E-state index contributed by atoms with van der Waals surface area (Å²) in [6.45, 7) is 4.15. The Labute approximate surface area is 233 Å². The van der Waals surface area contributed by atoms with Gasteiger partial charge >= 0.3 is 0 Å². The average molecular weight is 576 g/mol. The molecule has 208 valence electrons. The molecule has 2 amide bonds. The van der Waals surface area contributed by atoms with E-state index in [-0.39, 0.29) is 33.8 Å². The molecule has 0 aliphatic rings. The van der Waals surface area contributed by atoms with Gasteiger partial charge in [-0.1, -0.05) is 35.9 Å². The number of benzene rings is 3. The number of methoxy groups -OCH3 is 1. The first kappa shape index (κ1) is 29.9. The summed E-state index contributed by atoms with van der Waals surface area (Å²) in [7, 11) is -2.81. The van der Waals surface area contributed by atoms with Crippen LogP contribution in [0.25, 0.3) is 0 Å². The highest BCUT2D eigenvalue weighted by Gasteiger charge is 2.33. The number of ether oxygens (including phenoxy) is 1. The number of halogens is 2. The van der Waals surface area contributed by atoms with Crippen LogP contribution in [0.1, 0.15) is 26.3 Å². The molecule has 0 bridgehead atoms. The molecular weight excluding hydrogens is 545 g/mol. The number of hydrogen-bond donors (Lipinski definition) is 1. The van der Waals surface area contributed by atoms with E-state index in [1.807, 2.05) is 0 Å². The molecule has 39 heavy (non-hydrogen) atoms. The second kappa shape index (κ2) is 12.9. The van der Waals surface area contributed by atoms with Crippen LogP contribution in [0.2, 0.25) is 5.02 Å². The summed E-state index contributed by atoms with van der Waals surface area (Å²) in [5.41, 5.74) is 0.333. The molecule has 0 spiro atoms. The summed E-state index contributed by atoms with van der Waals surface area (Å²) in [5.74, 6) is -1.26. The van der Waals surface area contributed by atoms with Gasteiger partial charge in [0.2, 0.25) is 11.8 Å². The summed E-state index contributed by atoms with van der Waals surface area (Å²) in [6.07, 6.45) is 0. The maximum absolute atomic E-state index is 14.6. The van der Waals surface area contributed by atoms with E-state index in [0.29, 0.717) is 5.75 Å². The Morgan fingerprint density at radius 2 is 1.67 bits per heavy atom. The molecule has 0 saturated carbocycles. The molecule has 0 aliphatic heterocycles. The summed E-state index contributed by atoms with van der Waals surface area (Å²) in [4.78, 5) is 27.8. The Bertz CT molecular complexity index is 1420. The van der Waals surface area contributed by atoms with Crippen LogP contribution in [0.15, 0.2) is 77.7 Å². The van der Waals surface area contributed by atoms with Crippen LogP contribution < -0.4 is 14.4 Å². The second-order valence-corrected chi connectivity index (χ2v) is 11.4. The van der Waals surface area contributed by atoms with Gasteiger partial charge in [-0.25, -0.2) is 12.8 Å². The minimum Gasteiger partial charge on any atom is -0.497 e. The lowest BCUT2D eigenvalue weighted by atomic mass is 10.1. The predicted molar refractivity (Wildman–Crippen MR) is 149 cm³/mol. The molecule has 3 rings (SSSR count). The van der Waals surface area contributed by atoms with E-state index in [9.17, 15) is 22.4 Å². The van der Waals surface area contributed by atoms with Crippen molar-refractivity contribution in [3.63, 3.8) is 0 Å². The summed E-state index contributed by atoms with van der Waals surface area (Å²) in [5, 5.41) is 3.02. The van der Waals surface area contributed by atoms with Crippen LogP contribution in [0, 0.1) is 5.82 Å². The first-order valence-electron chi connectivity index (χ1n) is 12.2. The Morgan fingerprint density at radius 1 is 1.00 bits per heavy atom. The van der Waals surface area contributed by atoms with Gasteiger partial charge in [0.15, 0.2) is 0 Å². The van der Waals surface area contributed by atoms with Gasteiger partial charge in [0.1, 0.15) is 24.2 Å². The zero-order valence-electron chi connectivity index (χ0n) is 22.1. The van der Waals surface area contributed by atoms with Crippen LogP contribution in [0.5, 0.6) is 5.75 Å². The fourth-order valence-corrected chi connectivity index (χ4v) is 5.42. The van der Waals surface area contributed by atoms with Crippen molar-refractivity contribution in [1.82, 2.24) is 10.2 Å². The minimum absolute atomic E-state index is 0.0812. The molecule has 8 nitrogen and oxygen atoms in total. The molecule has 0 aliphatic carbocycles. The summed E-state index contributed by atoms with van der Waals surface area (Å²) >= 11 is 6.16. The van der Waals surface area contributed by atoms with E-state index in [4.69, 9.17) is 16.3 Å². The lowest BCUT2D eigenvalue weighted by Crippen LogP contribution is -2.52. The van der Waals surface area contributed by atoms with E-state index in [0.717, 1.165) is 9.21 Å². The molecule has 3 aromatic rings. The molecule has 1 atom stereocenters. The number of anilines is 1. The van der Waals surface area contributed by atoms with Gasteiger partial charge < -0.3 is 15.0 Å². The van der Waals surface area contributed by atoms with Gasteiger partial charge in [-0.05, 0) is 69.3 Å². The minimum atomic E-state index is -4.27. The van der Waals surface area contributed by atoms with Crippen molar-refractivity contribution in [3.05, 3.63) is 89.2 Å². The normalized spacial score (nSPS) is 12.1. The lowest BCUT2D eigenvalue weighted by molar-refractivity contribution is -0.139. The number of carbonyl (C=O) groups excluding carboxylic acids is 2. The smallest absolute Gasteiger partial charge is 0.264 e. The van der Waals surface area contributed by atoms with Crippen LogP contribution in [-0.4, -0.2) is 50.9 Å². The average Bonchev–Trinajstić information content (AvgIpc) is 2.90. The van der Waals surface area contributed by atoms with Gasteiger partial charge in [0, 0.05) is 23.2 Å². The SMILES string of the molecule is COc1ccc(S(=O)(=O)N(CC(=O)N(Cc2ccccc2F)C(C)C(=O)NC(C)C)c2cccc(Cl)c2)cc1. The van der Waals surface area contributed by atoms with Gasteiger partial charge in [0.05, 0.1) is 17.7 Å². The molecule has 0 aromatic heterocycles. The zero-order valence-corrected chi connectivity index (χ0v) is 23.7. The number of carbonyl (C=O) groups is 2. The van der Waals surface area contributed by atoms with E-state index < -0.39 is 40.2 Å². The third kappa shape index (κ3) is 7.48. The van der Waals surface area contributed by atoms with E-state index in [1.54, 1.807) is 32.0 Å². The largest absolute Gasteiger partial charge is 0.497 e. The van der Waals surface area contributed by atoms with Crippen LogP contribution in [0.4, 0.5) is 10.1 Å². The monoisotopic (exact) mass is 575 g/mol. The number of nitrogens with zero attached hydrogens (tertiary/aromatic N) is 2. The van der Waals surface area contributed by atoms with Gasteiger partial charge in [-0.15, -0.1) is 0 Å². The van der Waals surface area contributed by atoms with Crippen molar-refractivity contribution < 1.29 is 27.1 Å². The van der Waals surface area contributed by atoms with E-state index in [2.05, 4.69) is 5.32 Å². The van der Waals surface area contributed by atoms with E-state index in [1.165, 1.54) is 68.6 Å². The maximum Gasteiger partial charge on any atom is 0.264 e. The second-order valence-electron chi connectivity index (χ2n) is 9.12. The van der Waals surface area contributed by atoms with Crippen molar-refractivity contribution in [2.24, 2.45) is 0 Å². The van der Waals surface area contributed by atoms with Crippen molar-refractivity contribution in [2.75, 3.05) is 18.0 Å². The number of nitrogens with one attached hydrogen (secondary N) is 1. The molecule has 11 heteroatoms.